The average Bonchev–Trinajstić information content (AvgIpc) is 2.88. The molecule has 4 heteroatoms. The van der Waals surface area contributed by atoms with Crippen LogP contribution in [-0.2, 0) is 11.2 Å². The summed E-state index contributed by atoms with van der Waals surface area (Å²) in [6, 6.07) is 3.99. The summed E-state index contributed by atoms with van der Waals surface area (Å²) in [6.45, 7) is 4.17. The molecule has 0 aromatic carbocycles. The van der Waals surface area contributed by atoms with Gasteiger partial charge < -0.3 is 14.8 Å². The van der Waals surface area contributed by atoms with Crippen molar-refractivity contribution < 1.29 is 14.3 Å². The number of aryl methyl sites for hydroxylation is 1. The van der Waals surface area contributed by atoms with E-state index in [2.05, 4.69) is 12.2 Å². The van der Waals surface area contributed by atoms with Gasteiger partial charge in [-0.2, -0.15) is 0 Å². The first-order valence-corrected chi connectivity index (χ1v) is 6.59. The zero-order valence-corrected chi connectivity index (χ0v) is 11.0. The van der Waals surface area contributed by atoms with Crippen molar-refractivity contribution in [2.45, 2.75) is 45.1 Å². The van der Waals surface area contributed by atoms with Crippen molar-refractivity contribution in [1.29, 1.82) is 0 Å². The van der Waals surface area contributed by atoms with Crippen LogP contribution in [0.5, 0.6) is 0 Å². The molecule has 100 valence electrons. The summed E-state index contributed by atoms with van der Waals surface area (Å²) in [4.78, 5) is 11.5. The Kier molecular flexibility index (Phi) is 4.07. The van der Waals surface area contributed by atoms with E-state index in [1.54, 1.807) is 6.92 Å². The van der Waals surface area contributed by atoms with E-state index >= 15 is 0 Å². The Morgan fingerprint density at radius 2 is 2.33 bits per heavy atom. The van der Waals surface area contributed by atoms with Gasteiger partial charge in [-0.05, 0) is 31.4 Å². The largest absolute Gasteiger partial charge is 0.466 e. The van der Waals surface area contributed by atoms with Gasteiger partial charge in [0, 0.05) is 25.3 Å². The fourth-order valence-corrected chi connectivity index (χ4v) is 2.03. The normalized spacial score (nSPS) is 23.7. The highest BCUT2D eigenvalue weighted by molar-refractivity contribution is 5.76. The molecule has 2 unspecified atom stereocenters. The standard InChI is InChI=1S/C14H21NO3/c1-9-7-12(9)13-5-3-11(18-13)4-6-14(17)15-8-10(2)16/h3,5,9-10,12,16H,4,6-8H2,1-2H3,(H,15,17)/t9?,10-,12?/m0/s1. The smallest absolute Gasteiger partial charge is 0.220 e. The first kappa shape index (κ1) is 13.1. The summed E-state index contributed by atoms with van der Waals surface area (Å²) in [5.41, 5.74) is 0. The Balaban J connectivity index is 1.73. The highest BCUT2D eigenvalue weighted by Crippen LogP contribution is 2.47. The van der Waals surface area contributed by atoms with E-state index in [9.17, 15) is 4.79 Å². The molecule has 1 aromatic rings. The maximum atomic E-state index is 11.5. The second kappa shape index (κ2) is 5.57. The molecule has 3 atom stereocenters. The van der Waals surface area contributed by atoms with Crippen LogP contribution in [0.4, 0.5) is 0 Å². The number of amides is 1. The lowest BCUT2D eigenvalue weighted by atomic mass is 10.2. The summed E-state index contributed by atoms with van der Waals surface area (Å²) in [6.07, 6.45) is 1.73. The van der Waals surface area contributed by atoms with Gasteiger partial charge in [-0.1, -0.05) is 6.92 Å². The molecule has 0 bridgehead atoms. The van der Waals surface area contributed by atoms with Gasteiger partial charge in [-0.15, -0.1) is 0 Å². The maximum Gasteiger partial charge on any atom is 0.220 e. The molecular formula is C14H21NO3. The lowest BCUT2D eigenvalue weighted by Gasteiger charge is -2.06. The van der Waals surface area contributed by atoms with E-state index in [0.717, 1.165) is 17.4 Å². The predicted octanol–water partition coefficient (Wildman–Crippen LogP) is 1.83. The summed E-state index contributed by atoms with van der Waals surface area (Å²) >= 11 is 0. The van der Waals surface area contributed by atoms with Crippen LogP contribution in [0.25, 0.3) is 0 Å². The summed E-state index contributed by atoms with van der Waals surface area (Å²) < 4.78 is 5.72. The lowest BCUT2D eigenvalue weighted by Crippen LogP contribution is -2.30. The van der Waals surface area contributed by atoms with Gasteiger partial charge in [-0.25, -0.2) is 0 Å². The minimum absolute atomic E-state index is 0.0476. The number of rotatable bonds is 6. The molecule has 1 heterocycles. The molecule has 1 saturated carbocycles. The van der Waals surface area contributed by atoms with Gasteiger partial charge in [0.05, 0.1) is 6.10 Å². The third kappa shape index (κ3) is 3.60. The number of aliphatic hydroxyl groups excluding tert-OH is 1. The number of hydrogen-bond acceptors (Lipinski definition) is 3. The van der Waals surface area contributed by atoms with Crippen molar-refractivity contribution in [3.63, 3.8) is 0 Å². The summed E-state index contributed by atoms with van der Waals surface area (Å²) in [7, 11) is 0. The minimum Gasteiger partial charge on any atom is -0.466 e. The summed E-state index contributed by atoms with van der Waals surface area (Å²) in [5, 5.41) is 11.7. The zero-order chi connectivity index (χ0) is 13.1. The maximum absolute atomic E-state index is 11.5. The highest BCUT2D eigenvalue weighted by Gasteiger charge is 2.36. The van der Waals surface area contributed by atoms with Crippen LogP contribution in [-0.4, -0.2) is 23.7 Å². The number of carbonyl (C=O) groups excluding carboxylic acids is 1. The molecule has 18 heavy (non-hydrogen) atoms. The van der Waals surface area contributed by atoms with E-state index in [1.807, 2.05) is 12.1 Å². The molecule has 0 saturated heterocycles. The Labute approximate surface area is 107 Å². The van der Waals surface area contributed by atoms with Crippen LogP contribution in [0.1, 0.15) is 44.1 Å². The fourth-order valence-electron chi connectivity index (χ4n) is 2.03. The van der Waals surface area contributed by atoms with Crippen molar-refractivity contribution in [2.75, 3.05) is 6.54 Å². The average molecular weight is 251 g/mol. The zero-order valence-electron chi connectivity index (χ0n) is 11.0. The first-order valence-electron chi connectivity index (χ1n) is 6.59. The fraction of sp³-hybridized carbons (Fsp3) is 0.643. The Hall–Kier alpha value is -1.29. The molecule has 0 aliphatic heterocycles. The molecule has 1 amide bonds. The lowest BCUT2D eigenvalue weighted by molar-refractivity contribution is -0.121. The van der Waals surface area contributed by atoms with Gasteiger partial charge in [0.1, 0.15) is 11.5 Å². The summed E-state index contributed by atoms with van der Waals surface area (Å²) in [5.74, 6) is 3.20. The number of carbonyl (C=O) groups is 1. The quantitative estimate of drug-likeness (QED) is 0.811. The SMILES string of the molecule is CC1CC1c1ccc(CCC(=O)NC[C@H](C)O)o1. The number of hydrogen-bond donors (Lipinski definition) is 2. The predicted molar refractivity (Wildman–Crippen MR) is 68.2 cm³/mol. The Morgan fingerprint density at radius 1 is 1.61 bits per heavy atom. The molecule has 4 nitrogen and oxygen atoms in total. The van der Waals surface area contributed by atoms with Crippen LogP contribution in [0.15, 0.2) is 16.5 Å². The Bertz CT molecular complexity index is 411. The number of nitrogens with one attached hydrogen (secondary N) is 1. The number of aliphatic hydroxyl groups is 1. The molecule has 0 spiro atoms. The van der Waals surface area contributed by atoms with Crippen molar-refractivity contribution >= 4 is 5.91 Å². The van der Waals surface area contributed by atoms with Gasteiger partial charge in [0.2, 0.25) is 5.91 Å². The molecule has 1 aliphatic rings. The molecule has 2 N–H and O–H groups in total. The molecule has 1 fully saturated rings. The van der Waals surface area contributed by atoms with E-state index in [-0.39, 0.29) is 5.91 Å². The third-order valence-electron chi connectivity index (χ3n) is 3.35. The van der Waals surface area contributed by atoms with Gasteiger partial charge >= 0.3 is 0 Å². The molecule has 0 radical (unpaired) electrons. The third-order valence-corrected chi connectivity index (χ3v) is 3.35. The van der Waals surface area contributed by atoms with Crippen LogP contribution >= 0.6 is 0 Å². The second-order valence-electron chi connectivity index (χ2n) is 5.28. The molecule has 1 aliphatic carbocycles. The molecule has 1 aromatic heterocycles. The van der Waals surface area contributed by atoms with Crippen molar-refractivity contribution in [3.05, 3.63) is 23.7 Å². The van der Waals surface area contributed by atoms with Gasteiger partial charge in [0.25, 0.3) is 0 Å². The van der Waals surface area contributed by atoms with Gasteiger partial charge in [-0.3, -0.25) is 4.79 Å². The molecular weight excluding hydrogens is 230 g/mol. The van der Waals surface area contributed by atoms with Crippen molar-refractivity contribution in [2.24, 2.45) is 5.92 Å². The Morgan fingerprint density at radius 3 is 2.94 bits per heavy atom. The van der Waals surface area contributed by atoms with Crippen LogP contribution in [0.2, 0.25) is 0 Å². The van der Waals surface area contributed by atoms with E-state index in [4.69, 9.17) is 9.52 Å². The monoisotopic (exact) mass is 251 g/mol. The van der Waals surface area contributed by atoms with Crippen LogP contribution in [0.3, 0.4) is 0 Å². The van der Waals surface area contributed by atoms with E-state index < -0.39 is 6.10 Å². The van der Waals surface area contributed by atoms with E-state index in [0.29, 0.717) is 25.3 Å². The van der Waals surface area contributed by atoms with Crippen molar-refractivity contribution in [3.8, 4) is 0 Å². The molecule has 2 rings (SSSR count). The minimum atomic E-state index is -0.500. The second-order valence-corrected chi connectivity index (χ2v) is 5.28. The topological polar surface area (TPSA) is 62.5 Å². The van der Waals surface area contributed by atoms with Crippen LogP contribution in [0, 0.1) is 5.92 Å². The van der Waals surface area contributed by atoms with Gasteiger partial charge in [0.15, 0.2) is 0 Å². The number of furan rings is 1. The first-order chi connectivity index (χ1) is 8.56. The van der Waals surface area contributed by atoms with Crippen LogP contribution < -0.4 is 5.32 Å². The van der Waals surface area contributed by atoms with Crippen molar-refractivity contribution in [1.82, 2.24) is 5.32 Å². The highest BCUT2D eigenvalue weighted by atomic mass is 16.3. The van der Waals surface area contributed by atoms with E-state index in [1.165, 1.54) is 6.42 Å².